The van der Waals surface area contributed by atoms with Gasteiger partial charge in [-0.1, -0.05) is 111 Å². The van der Waals surface area contributed by atoms with Gasteiger partial charge in [-0.15, -0.1) is 0 Å². The van der Waals surface area contributed by atoms with Gasteiger partial charge in [0.05, 0.1) is 16.6 Å². The summed E-state index contributed by atoms with van der Waals surface area (Å²) in [7, 11) is 0. The van der Waals surface area contributed by atoms with E-state index in [0.717, 1.165) is 5.52 Å². The van der Waals surface area contributed by atoms with Gasteiger partial charge in [0, 0.05) is 43.7 Å². The molecule has 0 atom stereocenters. The lowest BCUT2D eigenvalue weighted by molar-refractivity contribution is 0.660. The topological polar surface area (TPSA) is 20.7 Å². The standard InChI is InChI=1S/C45H32N2/c1-45(2)39-17-9-6-14-32(39)33-22-20-29(27-40(33)45)36-25-30(26-38-34-15-7-10-18-41(34)46-44(36)38)28-21-23-43-37(24-28)35-16-8-11-19-42(35)47(43)31-12-4-3-5-13-31/h3-27,46H,1-2H3. The van der Waals surface area contributed by atoms with Crippen LogP contribution < -0.4 is 0 Å². The van der Waals surface area contributed by atoms with Crippen molar-refractivity contribution < 1.29 is 0 Å². The van der Waals surface area contributed by atoms with Crippen molar-refractivity contribution >= 4 is 43.6 Å². The molecule has 2 heterocycles. The number of hydrogen-bond acceptors (Lipinski definition) is 0. The van der Waals surface area contributed by atoms with E-state index in [1.54, 1.807) is 0 Å². The first kappa shape index (κ1) is 26.4. The second-order valence-corrected chi connectivity index (χ2v) is 13.5. The molecule has 0 spiro atoms. The van der Waals surface area contributed by atoms with Gasteiger partial charge in [0.25, 0.3) is 0 Å². The van der Waals surface area contributed by atoms with Crippen molar-refractivity contribution in [3.8, 4) is 39.1 Å². The average molecular weight is 601 g/mol. The Bertz CT molecular complexity index is 2700. The highest BCUT2D eigenvalue weighted by Gasteiger charge is 2.35. The van der Waals surface area contributed by atoms with Crippen LogP contribution >= 0.6 is 0 Å². The van der Waals surface area contributed by atoms with Gasteiger partial charge in [-0.3, -0.25) is 0 Å². The Labute approximate surface area is 273 Å². The third-order valence-electron chi connectivity index (χ3n) is 10.5. The monoisotopic (exact) mass is 600 g/mol. The van der Waals surface area contributed by atoms with Gasteiger partial charge in [-0.25, -0.2) is 0 Å². The molecular formula is C45H32N2. The fourth-order valence-corrected chi connectivity index (χ4v) is 8.22. The van der Waals surface area contributed by atoms with Gasteiger partial charge in [0.15, 0.2) is 0 Å². The number of nitrogens with zero attached hydrogens (tertiary/aromatic N) is 1. The summed E-state index contributed by atoms with van der Waals surface area (Å²) in [5, 5.41) is 5.03. The summed E-state index contributed by atoms with van der Waals surface area (Å²) in [5.74, 6) is 0. The van der Waals surface area contributed by atoms with Crippen LogP contribution in [0.2, 0.25) is 0 Å². The summed E-state index contributed by atoms with van der Waals surface area (Å²) < 4.78 is 2.38. The number of H-pyrrole nitrogens is 1. The maximum absolute atomic E-state index is 3.80. The second-order valence-electron chi connectivity index (χ2n) is 13.5. The van der Waals surface area contributed by atoms with Gasteiger partial charge in [-0.2, -0.15) is 0 Å². The minimum atomic E-state index is -0.0584. The normalized spacial score (nSPS) is 13.5. The maximum Gasteiger partial charge on any atom is 0.0544 e. The zero-order valence-corrected chi connectivity index (χ0v) is 26.4. The van der Waals surface area contributed by atoms with E-state index < -0.39 is 0 Å². The van der Waals surface area contributed by atoms with Crippen LogP contribution in [-0.2, 0) is 5.41 Å². The highest BCUT2D eigenvalue weighted by molar-refractivity contribution is 6.15. The fourth-order valence-electron chi connectivity index (χ4n) is 8.22. The fraction of sp³-hybridized carbons (Fsp3) is 0.0667. The van der Waals surface area contributed by atoms with Crippen LogP contribution in [0.25, 0.3) is 82.7 Å². The smallest absolute Gasteiger partial charge is 0.0544 e. The quantitative estimate of drug-likeness (QED) is 0.208. The van der Waals surface area contributed by atoms with Gasteiger partial charge in [0.1, 0.15) is 0 Å². The van der Waals surface area contributed by atoms with E-state index in [1.807, 2.05) is 0 Å². The third kappa shape index (κ3) is 3.73. The lowest BCUT2D eigenvalue weighted by Crippen LogP contribution is -2.14. The molecule has 10 rings (SSSR count). The first-order chi connectivity index (χ1) is 23.1. The third-order valence-corrected chi connectivity index (χ3v) is 10.5. The molecule has 0 unspecified atom stereocenters. The number of fused-ring (bicyclic) bond motifs is 9. The van der Waals surface area contributed by atoms with Gasteiger partial charge in [0.2, 0.25) is 0 Å². The molecule has 2 heteroatoms. The average Bonchev–Trinajstić information content (AvgIpc) is 3.74. The first-order valence-corrected chi connectivity index (χ1v) is 16.4. The molecule has 0 amide bonds. The van der Waals surface area contributed by atoms with Crippen LogP contribution in [0.1, 0.15) is 25.0 Å². The summed E-state index contributed by atoms with van der Waals surface area (Å²) in [6.45, 7) is 4.72. The molecule has 0 saturated heterocycles. The lowest BCUT2D eigenvalue weighted by atomic mass is 9.81. The van der Waals surface area contributed by atoms with Crippen LogP contribution in [0.15, 0.2) is 152 Å². The van der Waals surface area contributed by atoms with Crippen LogP contribution in [0, 0.1) is 0 Å². The molecule has 9 aromatic rings. The van der Waals surface area contributed by atoms with E-state index in [2.05, 4.69) is 175 Å². The Kier molecular flexibility index (Phi) is 5.37. The molecule has 47 heavy (non-hydrogen) atoms. The van der Waals surface area contributed by atoms with Gasteiger partial charge in [-0.05, 0) is 93.5 Å². The number of nitrogens with one attached hydrogen (secondary N) is 1. The Morgan fingerprint density at radius 1 is 0.447 bits per heavy atom. The predicted molar refractivity (Wildman–Crippen MR) is 199 cm³/mol. The maximum atomic E-state index is 3.80. The number of aromatic amines is 1. The SMILES string of the molecule is CC1(C)c2ccccc2-c2ccc(-c3cc(-c4ccc5c(c4)c4ccccc4n5-c4ccccc4)cc4c3[nH]c3ccccc34)cc21. The lowest BCUT2D eigenvalue weighted by Gasteiger charge is -2.22. The van der Waals surface area contributed by atoms with Crippen LogP contribution in [0.3, 0.4) is 0 Å². The summed E-state index contributed by atoms with van der Waals surface area (Å²) in [5.41, 5.74) is 16.3. The predicted octanol–water partition coefficient (Wildman–Crippen LogP) is 12.1. The molecule has 0 saturated carbocycles. The molecule has 0 radical (unpaired) electrons. The second kappa shape index (κ2) is 9.57. The molecule has 2 nitrogen and oxygen atoms in total. The Balaban J connectivity index is 1.22. The number of benzene rings is 7. The Hall–Kier alpha value is -5.86. The zero-order valence-electron chi connectivity index (χ0n) is 26.4. The summed E-state index contributed by atoms with van der Waals surface area (Å²) in [6.07, 6.45) is 0. The van der Waals surface area contributed by atoms with E-state index in [-0.39, 0.29) is 5.41 Å². The molecule has 1 aliphatic carbocycles. The summed E-state index contributed by atoms with van der Waals surface area (Å²) in [4.78, 5) is 3.80. The number of hydrogen-bond donors (Lipinski definition) is 1. The van der Waals surface area contributed by atoms with Gasteiger partial charge >= 0.3 is 0 Å². The number of aromatic nitrogens is 2. The van der Waals surface area contributed by atoms with Crippen LogP contribution in [0.4, 0.5) is 0 Å². The largest absolute Gasteiger partial charge is 0.354 e. The zero-order chi connectivity index (χ0) is 31.3. The molecule has 1 aliphatic rings. The molecule has 7 aromatic carbocycles. The van der Waals surface area contributed by atoms with E-state index >= 15 is 0 Å². The number of rotatable bonds is 3. The minimum absolute atomic E-state index is 0.0584. The molecule has 1 N–H and O–H groups in total. The molecule has 0 bridgehead atoms. The molecule has 2 aromatic heterocycles. The molecular weight excluding hydrogens is 569 g/mol. The highest BCUT2D eigenvalue weighted by atomic mass is 15.0. The van der Waals surface area contributed by atoms with Crippen LogP contribution in [0.5, 0.6) is 0 Å². The Morgan fingerprint density at radius 2 is 1.13 bits per heavy atom. The van der Waals surface area contributed by atoms with Crippen molar-refractivity contribution in [2.24, 2.45) is 0 Å². The van der Waals surface area contributed by atoms with Crippen molar-refractivity contribution in [3.63, 3.8) is 0 Å². The van der Waals surface area contributed by atoms with Crippen molar-refractivity contribution in [3.05, 3.63) is 163 Å². The molecule has 0 fully saturated rings. The van der Waals surface area contributed by atoms with E-state index in [0.29, 0.717) is 0 Å². The van der Waals surface area contributed by atoms with E-state index in [4.69, 9.17) is 0 Å². The highest BCUT2D eigenvalue weighted by Crippen LogP contribution is 2.50. The minimum Gasteiger partial charge on any atom is -0.354 e. The molecule has 0 aliphatic heterocycles. The Morgan fingerprint density at radius 3 is 2.02 bits per heavy atom. The van der Waals surface area contributed by atoms with Crippen molar-refractivity contribution in [1.82, 2.24) is 9.55 Å². The van der Waals surface area contributed by atoms with E-state index in [1.165, 1.54) is 88.3 Å². The first-order valence-electron chi connectivity index (χ1n) is 16.4. The van der Waals surface area contributed by atoms with E-state index in [9.17, 15) is 0 Å². The molecule has 222 valence electrons. The van der Waals surface area contributed by atoms with Gasteiger partial charge < -0.3 is 9.55 Å². The van der Waals surface area contributed by atoms with Crippen LogP contribution in [-0.4, -0.2) is 9.55 Å². The summed E-state index contributed by atoms with van der Waals surface area (Å²) in [6, 6.07) is 55.8. The van der Waals surface area contributed by atoms with Crippen molar-refractivity contribution in [2.45, 2.75) is 19.3 Å². The van der Waals surface area contributed by atoms with Crippen molar-refractivity contribution in [1.29, 1.82) is 0 Å². The van der Waals surface area contributed by atoms with Crippen molar-refractivity contribution in [2.75, 3.05) is 0 Å². The number of para-hydroxylation sites is 3. The summed E-state index contributed by atoms with van der Waals surface area (Å²) >= 11 is 0.